The van der Waals surface area contributed by atoms with Crippen LogP contribution in [-0.2, 0) is 19.3 Å². The van der Waals surface area contributed by atoms with Crippen molar-refractivity contribution in [3.63, 3.8) is 0 Å². The molecule has 78 heavy (non-hydrogen) atoms. The average Bonchev–Trinajstić information content (AvgIpc) is 3.46. The highest BCUT2D eigenvalue weighted by molar-refractivity contribution is 9.11. The van der Waals surface area contributed by atoms with Crippen LogP contribution in [0.15, 0.2) is 202 Å². The van der Waals surface area contributed by atoms with E-state index in [9.17, 15) is 5.11 Å². The fourth-order valence-electron chi connectivity index (χ4n) is 6.85. The van der Waals surface area contributed by atoms with E-state index in [0.29, 0.717) is 67.6 Å². The van der Waals surface area contributed by atoms with E-state index in [0.717, 1.165) is 56.5 Å². The van der Waals surface area contributed by atoms with Crippen LogP contribution in [0.1, 0.15) is 33.8 Å². The topological polar surface area (TPSA) is 286 Å². The number of rotatable bonds is 11. The van der Waals surface area contributed by atoms with Crippen molar-refractivity contribution < 1.29 is 24.6 Å². The average molecular weight is 1240 g/mol. The highest BCUT2D eigenvalue weighted by Crippen LogP contribution is 2.25. The largest absolute Gasteiger partial charge is 0.508 e. The first kappa shape index (κ1) is 58.9. The number of anilines is 4. The monoisotopic (exact) mass is 1230 g/mol. The van der Waals surface area contributed by atoms with Gasteiger partial charge in [-0.25, -0.2) is 39.9 Å². The third-order valence-electron chi connectivity index (χ3n) is 10.9. The van der Waals surface area contributed by atoms with Crippen LogP contribution in [0, 0.1) is 0 Å². The second kappa shape index (κ2) is 30.4. The summed E-state index contributed by atoms with van der Waals surface area (Å²) in [6, 6.07) is 51.4. The lowest BCUT2D eigenvalue weighted by Crippen LogP contribution is -2.29. The molecule has 6 aromatic carbocycles. The predicted octanol–water partition coefficient (Wildman–Crippen LogP) is 9.72. The molecule has 4 heterocycles. The van der Waals surface area contributed by atoms with Crippen molar-refractivity contribution in [1.29, 1.82) is 0 Å². The molecule has 0 aliphatic rings. The van der Waals surface area contributed by atoms with Crippen molar-refractivity contribution >= 4 is 83.6 Å². The standard InChI is InChI=1S/C18H17N3O.C17H15N3O.C11H10BrN3.C7H9BO3.C4H3Br2N3/c1-22-15-9-7-14(8-10-15)17-12-20-18(19)16(21-17)11-13-5-3-2-4-6-13;18-17-15(10-12-4-2-1-3-5-12)20-16(11-19-17)13-6-8-14(21)9-7-13;12-10-7-14-11(13)9(15-10)6-8-4-2-1-3-5-8;1-11-7-4-2-6(3-5-7)8(9)10;5-2-1-8-4(7)3(6)9-2/h2-10,12H,11H2,1H3,(H2,19,20);1-9,11,21H,10H2,(H2,18,19);1-5,7H,6H2,(H2,13,14);2-5,9-10H,1H3;1H,(H2,7,8). The summed E-state index contributed by atoms with van der Waals surface area (Å²) in [6.45, 7) is 0. The third-order valence-corrected chi connectivity index (χ3v) is 12.3. The van der Waals surface area contributed by atoms with E-state index in [4.69, 9.17) is 42.5 Å². The molecule has 0 bridgehead atoms. The third kappa shape index (κ3) is 19.0. The van der Waals surface area contributed by atoms with E-state index in [1.807, 2.05) is 115 Å². The van der Waals surface area contributed by atoms with Crippen LogP contribution in [0.4, 0.5) is 23.3 Å². The second-order valence-electron chi connectivity index (χ2n) is 16.5. The molecule has 0 aliphatic carbocycles. The van der Waals surface area contributed by atoms with Crippen molar-refractivity contribution in [3.05, 3.63) is 236 Å². The number of phenols is 1. The van der Waals surface area contributed by atoms with Crippen molar-refractivity contribution in [2.24, 2.45) is 0 Å². The fourth-order valence-corrected chi connectivity index (χ4v) is 7.98. The van der Waals surface area contributed by atoms with Gasteiger partial charge in [-0.1, -0.05) is 103 Å². The van der Waals surface area contributed by atoms with Crippen LogP contribution in [0.5, 0.6) is 17.2 Å². The number of phenolic OH excluding ortho intramolecular Hbond substituents is 1. The Kier molecular flexibility index (Phi) is 23.0. The zero-order valence-corrected chi connectivity index (χ0v) is 47.0. The van der Waals surface area contributed by atoms with Gasteiger partial charge in [0.15, 0.2) is 5.82 Å². The number of hydrogen-bond acceptors (Lipinski definition) is 17. The molecule has 396 valence electrons. The maximum Gasteiger partial charge on any atom is 0.488 e. The van der Waals surface area contributed by atoms with Crippen molar-refractivity contribution in [3.8, 4) is 39.8 Å². The summed E-state index contributed by atoms with van der Waals surface area (Å²) >= 11 is 9.53. The first-order chi connectivity index (χ1) is 37.7. The summed E-state index contributed by atoms with van der Waals surface area (Å²) in [5.41, 5.74) is 32.7. The Bertz CT molecular complexity index is 3420. The lowest BCUT2D eigenvalue weighted by atomic mass is 9.80. The highest BCUT2D eigenvalue weighted by Gasteiger charge is 2.11. The number of aromatic nitrogens is 8. The maximum absolute atomic E-state index is 9.34. The smallest absolute Gasteiger partial charge is 0.488 e. The van der Waals surface area contributed by atoms with Gasteiger partial charge in [-0.2, -0.15) is 0 Å². The molecule has 0 radical (unpaired) electrons. The predicted molar refractivity (Wildman–Crippen MR) is 319 cm³/mol. The van der Waals surface area contributed by atoms with E-state index >= 15 is 0 Å². The number of benzene rings is 6. The minimum absolute atomic E-state index is 0.228. The number of halogens is 3. The van der Waals surface area contributed by atoms with Crippen molar-refractivity contribution in [1.82, 2.24) is 39.9 Å². The number of ether oxygens (including phenoxy) is 2. The molecule has 10 aromatic rings. The van der Waals surface area contributed by atoms with Gasteiger partial charge in [0.05, 0.1) is 67.5 Å². The Labute approximate surface area is 477 Å². The van der Waals surface area contributed by atoms with Crippen LogP contribution >= 0.6 is 47.8 Å². The number of nitrogen functional groups attached to an aromatic ring is 4. The van der Waals surface area contributed by atoms with Gasteiger partial charge in [0.1, 0.15) is 48.5 Å². The minimum Gasteiger partial charge on any atom is -0.508 e. The Hall–Kier alpha value is -8.34. The molecule has 0 unspecified atom stereocenters. The summed E-state index contributed by atoms with van der Waals surface area (Å²) in [4.78, 5) is 33.8. The summed E-state index contributed by atoms with van der Waals surface area (Å²) in [5.74, 6) is 3.56. The fraction of sp³-hybridized carbons (Fsp3) is 0.0877. The lowest BCUT2D eigenvalue weighted by molar-refractivity contribution is 0.414. The molecule has 21 heteroatoms. The molecule has 0 saturated heterocycles. The van der Waals surface area contributed by atoms with Crippen molar-refractivity contribution in [2.45, 2.75) is 19.3 Å². The molecule has 17 nitrogen and oxygen atoms in total. The van der Waals surface area contributed by atoms with E-state index in [1.165, 1.54) is 5.56 Å². The first-order valence-electron chi connectivity index (χ1n) is 23.7. The van der Waals surface area contributed by atoms with Gasteiger partial charge in [0.2, 0.25) is 0 Å². The minimum atomic E-state index is -1.40. The van der Waals surface area contributed by atoms with Gasteiger partial charge in [0, 0.05) is 30.4 Å². The second-order valence-corrected chi connectivity index (χ2v) is 18.9. The number of nitrogens with two attached hydrogens (primary N) is 4. The summed E-state index contributed by atoms with van der Waals surface area (Å²) < 4.78 is 12.0. The molecule has 0 spiro atoms. The van der Waals surface area contributed by atoms with Gasteiger partial charge in [-0.3, -0.25) is 0 Å². The van der Waals surface area contributed by atoms with E-state index in [-0.39, 0.29) is 5.75 Å². The van der Waals surface area contributed by atoms with Crippen molar-refractivity contribution in [2.75, 3.05) is 37.2 Å². The van der Waals surface area contributed by atoms with Gasteiger partial charge in [-0.15, -0.1) is 0 Å². The molecule has 0 atom stereocenters. The summed E-state index contributed by atoms with van der Waals surface area (Å²) in [7, 11) is 1.81. The molecular formula is C57H54BBr3N12O5. The molecule has 10 rings (SSSR count). The van der Waals surface area contributed by atoms with Crippen LogP contribution in [-0.4, -0.2) is 76.4 Å². The molecular weight excluding hydrogens is 1180 g/mol. The summed E-state index contributed by atoms with van der Waals surface area (Å²) in [5, 5.41) is 26.7. The van der Waals surface area contributed by atoms with Gasteiger partial charge >= 0.3 is 7.12 Å². The van der Waals surface area contributed by atoms with E-state index in [1.54, 1.807) is 75.4 Å². The van der Waals surface area contributed by atoms with Gasteiger partial charge in [-0.05, 0) is 131 Å². The van der Waals surface area contributed by atoms with Gasteiger partial charge < -0.3 is 47.6 Å². The molecule has 11 N–H and O–H groups in total. The Balaban J connectivity index is 0.000000164. The molecule has 0 aliphatic heterocycles. The number of hydrogen-bond donors (Lipinski definition) is 7. The Morgan fingerprint density at radius 3 is 1.14 bits per heavy atom. The zero-order chi connectivity index (χ0) is 55.8. The molecule has 4 aromatic heterocycles. The SMILES string of the molecule is COc1ccc(-c2cnc(N)c(Cc3ccccc3)n2)cc1.COc1ccc(B(O)O)cc1.Nc1ncc(-c2ccc(O)cc2)nc1Cc1ccccc1.Nc1ncc(Br)nc1Br.Nc1ncc(Br)nc1Cc1ccccc1. The van der Waals surface area contributed by atoms with E-state index < -0.39 is 7.12 Å². The van der Waals surface area contributed by atoms with E-state index in [2.05, 4.69) is 99.8 Å². The Morgan fingerprint density at radius 2 is 0.769 bits per heavy atom. The van der Waals surface area contributed by atoms with Crippen LogP contribution in [0.25, 0.3) is 22.5 Å². The lowest BCUT2D eigenvalue weighted by Gasteiger charge is -2.08. The summed E-state index contributed by atoms with van der Waals surface area (Å²) in [6.07, 6.45) is 8.51. The normalized spacial score (nSPS) is 10.1. The Morgan fingerprint density at radius 1 is 0.423 bits per heavy atom. The number of aromatic hydroxyl groups is 1. The first-order valence-corrected chi connectivity index (χ1v) is 26.0. The number of methoxy groups -OCH3 is 2. The molecule has 0 fully saturated rings. The van der Waals surface area contributed by atoms with Crippen LogP contribution < -0.4 is 37.9 Å². The molecule has 0 saturated carbocycles. The van der Waals surface area contributed by atoms with Crippen LogP contribution in [0.3, 0.4) is 0 Å². The highest BCUT2D eigenvalue weighted by atomic mass is 79.9. The maximum atomic E-state index is 9.34. The van der Waals surface area contributed by atoms with Gasteiger partial charge in [0.25, 0.3) is 0 Å². The quantitative estimate of drug-likeness (QED) is 0.0593. The number of nitrogens with zero attached hydrogens (tertiary/aromatic N) is 8. The zero-order valence-electron chi connectivity index (χ0n) is 42.3. The van der Waals surface area contributed by atoms with Crippen LogP contribution in [0.2, 0.25) is 0 Å². The molecule has 0 amide bonds.